The molecule has 0 unspecified atom stereocenters. The molecule has 0 radical (unpaired) electrons. The number of methoxy groups -OCH3 is 2. The third-order valence-electron chi connectivity index (χ3n) is 5.39. The van der Waals surface area contributed by atoms with E-state index in [0.29, 0.717) is 33.9 Å². The predicted octanol–water partition coefficient (Wildman–Crippen LogP) is 4.49. The number of carbonyl (C=O) groups is 1. The first-order chi connectivity index (χ1) is 15.6. The van der Waals surface area contributed by atoms with Crippen LogP contribution in [0.4, 0.5) is 0 Å². The minimum atomic E-state index is -0.458. The van der Waals surface area contributed by atoms with Crippen molar-refractivity contribution in [3.05, 3.63) is 88.7 Å². The molecule has 0 atom stereocenters. The third kappa shape index (κ3) is 4.47. The number of aromatic nitrogens is 1. The fourth-order valence-electron chi connectivity index (χ4n) is 3.80. The molecular weight excluding hydrogens is 404 g/mol. The molecule has 0 bridgehead atoms. The first kappa shape index (κ1) is 21.1. The zero-order chi connectivity index (χ0) is 22.5. The molecular formula is C26H22N2O4. The van der Waals surface area contributed by atoms with Crippen molar-refractivity contribution in [2.75, 3.05) is 14.2 Å². The molecule has 160 valence electrons. The van der Waals surface area contributed by atoms with Gasteiger partial charge in [-0.2, -0.15) is 5.26 Å². The average Bonchev–Trinajstić information content (AvgIpc) is 3.24. The highest BCUT2D eigenvalue weighted by molar-refractivity contribution is 5.94. The fraction of sp³-hybridized carbons (Fsp3) is 0.192. The van der Waals surface area contributed by atoms with Gasteiger partial charge in [0, 0.05) is 18.9 Å². The van der Waals surface area contributed by atoms with Crippen LogP contribution in [0.1, 0.15) is 32.7 Å². The van der Waals surface area contributed by atoms with Gasteiger partial charge in [-0.25, -0.2) is 4.79 Å². The second kappa shape index (κ2) is 9.36. The monoisotopic (exact) mass is 426 g/mol. The second-order valence-electron chi connectivity index (χ2n) is 7.42. The van der Waals surface area contributed by atoms with Crippen molar-refractivity contribution in [2.24, 2.45) is 0 Å². The molecule has 0 spiro atoms. The Hall–Kier alpha value is -4.11. The summed E-state index contributed by atoms with van der Waals surface area (Å²) in [6.07, 6.45) is 4.91. The number of fused-ring (bicyclic) bond motifs is 1. The Kier molecular flexibility index (Phi) is 6.18. The van der Waals surface area contributed by atoms with Crippen LogP contribution in [0.5, 0.6) is 11.5 Å². The zero-order valence-electron chi connectivity index (χ0n) is 17.9. The summed E-state index contributed by atoms with van der Waals surface area (Å²) in [5, 5.41) is 9.71. The molecule has 6 nitrogen and oxygen atoms in total. The Morgan fingerprint density at radius 2 is 1.75 bits per heavy atom. The summed E-state index contributed by atoms with van der Waals surface area (Å²) in [6.45, 7) is 0. The van der Waals surface area contributed by atoms with Crippen LogP contribution >= 0.6 is 0 Å². The van der Waals surface area contributed by atoms with Crippen molar-refractivity contribution in [3.63, 3.8) is 0 Å². The van der Waals surface area contributed by atoms with Crippen molar-refractivity contribution in [2.45, 2.75) is 18.9 Å². The second-order valence-corrected chi connectivity index (χ2v) is 7.42. The van der Waals surface area contributed by atoms with Gasteiger partial charge in [0.2, 0.25) is 0 Å². The highest BCUT2D eigenvalue weighted by Gasteiger charge is 2.23. The summed E-state index contributed by atoms with van der Waals surface area (Å²) in [5.74, 6) is 0.649. The van der Waals surface area contributed by atoms with Gasteiger partial charge in [0.05, 0.1) is 43.3 Å². The van der Waals surface area contributed by atoms with Crippen LogP contribution in [-0.2, 0) is 17.6 Å². The van der Waals surface area contributed by atoms with E-state index in [1.807, 2.05) is 12.1 Å². The summed E-state index contributed by atoms with van der Waals surface area (Å²) >= 11 is 0. The topological polar surface area (TPSA) is 81.4 Å². The highest BCUT2D eigenvalue weighted by atomic mass is 16.5. The molecule has 1 aliphatic rings. The van der Waals surface area contributed by atoms with Crippen LogP contribution in [0.25, 0.3) is 11.6 Å². The minimum absolute atomic E-state index is 0.00713. The average molecular weight is 426 g/mol. The number of hydrogen-bond acceptors (Lipinski definition) is 6. The predicted molar refractivity (Wildman–Crippen MR) is 120 cm³/mol. The first-order valence-electron chi connectivity index (χ1n) is 10.2. The van der Waals surface area contributed by atoms with Crippen molar-refractivity contribution in [1.29, 1.82) is 5.26 Å². The van der Waals surface area contributed by atoms with Gasteiger partial charge >= 0.3 is 5.97 Å². The van der Waals surface area contributed by atoms with E-state index in [1.54, 1.807) is 49.7 Å². The molecule has 1 heterocycles. The van der Waals surface area contributed by atoms with E-state index in [2.05, 4.69) is 23.2 Å². The van der Waals surface area contributed by atoms with Gasteiger partial charge in [0.1, 0.15) is 6.10 Å². The van der Waals surface area contributed by atoms with Gasteiger partial charge in [-0.15, -0.1) is 0 Å². The normalized spacial score (nSPS) is 13.2. The number of hydrogen-bond donors (Lipinski definition) is 0. The Labute approximate surface area is 186 Å². The summed E-state index contributed by atoms with van der Waals surface area (Å²) in [5.41, 5.74) is 4.48. The van der Waals surface area contributed by atoms with Crippen molar-refractivity contribution < 1.29 is 19.0 Å². The molecule has 1 aliphatic carbocycles. The number of nitrogens with zero attached hydrogens (tertiary/aromatic N) is 2. The molecule has 6 heteroatoms. The molecule has 4 rings (SSSR count). The molecule has 2 aromatic carbocycles. The van der Waals surface area contributed by atoms with E-state index < -0.39 is 5.97 Å². The molecule has 0 aliphatic heterocycles. The van der Waals surface area contributed by atoms with Gasteiger partial charge in [0.15, 0.2) is 11.5 Å². The summed E-state index contributed by atoms with van der Waals surface area (Å²) < 4.78 is 16.5. The lowest BCUT2D eigenvalue weighted by atomic mass is 10.0. The number of pyridine rings is 1. The van der Waals surface area contributed by atoms with Gasteiger partial charge < -0.3 is 14.2 Å². The number of nitriles is 1. The molecule has 3 aromatic rings. The van der Waals surface area contributed by atoms with Crippen LogP contribution in [0.2, 0.25) is 0 Å². The largest absolute Gasteiger partial charge is 0.491 e. The maximum absolute atomic E-state index is 11.8. The van der Waals surface area contributed by atoms with Crippen LogP contribution in [0.3, 0.4) is 0 Å². The SMILES string of the molecule is COC(=O)c1cccc(C(C#N)=Cc2cc(OC3Cc4ccccc4C3)c(OC)cn2)c1. The van der Waals surface area contributed by atoms with E-state index in [1.165, 1.54) is 18.2 Å². The van der Waals surface area contributed by atoms with E-state index in [9.17, 15) is 10.1 Å². The van der Waals surface area contributed by atoms with E-state index in [-0.39, 0.29) is 6.10 Å². The minimum Gasteiger partial charge on any atom is -0.491 e. The molecule has 0 saturated carbocycles. The Morgan fingerprint density at radius 3 is 2.41 bits per heavy atom. The van der Waals surface area contributed by atoms with Gasteiger partial charge in [-0.05, 0) is 34.9 Å². The smallest absolute Gasteiger partial charge is 0.337 e. The molecule has 32 heavy (non-hydrogen) atoms. The van der Waals surface area contributed by atoms with Crippen LogP contribution in [0.15, 0.2) is 60.8 Å². The standard InChI is InChI=1S/C26H22N2O4/c1-30-25-16-28-22(11-21(15-27)17-8-5-9-20(10-17)26(29)31-2)14-24(25)32-23-12-18-6-3-4-7-19(18)13-23/h3-11,14,16,23H,12-13H2,1-2H3. The number of carbonyl (C=O) groups excluding carboxylic acids is 1. The molecule has 0 saturated heterocycles. The highest BCUT2D eigenvalue weighted by Crippen LogP contribution is 2.32. The number of allylic oxidation sites excluding steroid dienone is 1. The van der Waals surface area contributed by atoms with Gasteiger partial charge in [0.25, 0.3) is 0 Å². The molecule has 0 N–H and O–H groups in total. The maximum Gasteiger partial charge on any atom is 0.337 e. The van der Waals surface area contributed by atoms with Crippen LogP contribution < -0.4 is 9.47 Å². The molecule has 0 fully saturated rings. The van der Waals surface area contributed by atoms with E-state index >= 15 is 0 Å². The Balaban J connectivity index is 1.61. The lowest BCUT2D eigenvalue weighted by molar-refractivity contribution is 0.0600. The number of rotatable bonds is 6. The molecule has 0 amide bonds. The first-order valence-corrected chi connectivity index (χ1v) is 10.2. The lowest BCUT2D eigenvalue weighted by Gasteiger charge is -2.16. The van der Waals surface area contributed by atoms with E-state index in [4.69, 9.17) is 14.2 Å². The quantitative estimate of drug-likeness (QED) is 0.427. The maximum atomic E-state index is 11.8. The number of benzene rings is 2. The van der Waals surface area contributed by atoms with Crippen LogP contribution in [-0.4, -0.2) is 31.3 Å². The summed E-state index contributed by atoms with van der Waals surface area (Å²) in [6, 6.07) is 19.0. The number of esters is 1. The Morgan fingerprint density at radius 1 is 1.03 bits per heavy atom. The number of ether oxygens (including phenoxy) is 3. The summed E-state index contributed by atoms with van der Waals surface area (Å²) in [4.78, 5) is 16.2. The third-order valence-corrected chi connectivity index (χ3v) is 5.39. The van der Waals surface area contributed by atoms with Gasteiger partial charge in [-0.3, -0.25) is 4.98 Å². The van der Waals surface area contributed by atoms with Crippen LogP contribution in [0, 0.1) is 11.3 Å². The van der Waals surface area contributed by atoms with Crippen molar-refractivity contribution in [3.8, 4) is 17.6 Å². The van der Waals surface area contributed by atoms with Crippen molar-refractivity contribution >= 4 is 17.6 Å². The zero-order valence-corrected chi connectivity index (χ0v) is 17.9. The Bertz CT molecular complexity index is 1200. The fourth-order valence-corrected chi connectivity index (χ4v) is 3.80. The lowest BCUT2D eigenvalue weighted by Crippen LogP contribution is -2.17. The van der Waals surface area contributed by atoms with Crippen molar-refractivity contribution in [1.82, 2.24) is 4.98 Å². The van der Waals surface area contributed by atoms with Gasteiger partial charge in [-0.1, -0.05) is 36.4 Å². The van der Waals surface area contributed by atoms with E-state index in [0.717, 1.165) is 12.8 Å². The summed E-state index contributed by atoms with van der Waals surface area (Å²) in [7, 11) is 2.89. The molecule has 1 aromatic heterocycles.